The first kappa shape index (κ1) is 13.6. The van der Waals surface area contributed by atoms with Crippen LogP contribution in [0.2, 0.25) is 0 Å². The van der Waals surface area contributed by atoms with E-state index in [0.717, 1.165) is 12.0 Å². The van der Waals surface area contributed by atoms with Crippen molar-refractivity contribution in [2.75, 3.05) is 5.75 Å². The van der Waals surface area contributed by atoms with Gasteiger partial charge in [0.25, 0.3) is 5.91 Å². The van der Waals surface area contributed by atoms with Gasteiger partial charge in [-0.25, -0.2) is 4.79 Å². The molecule has 1 rings (SSSR count). The zero-order chi connectivity index (χ0) is 12.8. The number of carbonyl (C=O) groups is 2. The molecular formula is C12H15NO3S. The Morgan fingerprint density at radius 2 is 2.06 bits per heavy atom. The van der Waals surface area contributed by atoms with E-state index in [1.807, 2.05) is 19.1 Å². The van der Waals surface area contributed by atoms with Crippen LogP contribution >= 0.6 is 12.6 Å². The molecule has 2 N–H and O–H groups in total. The minimum atomic E-state index is -1.08. The third-order valence-electron chi connectivity index (χ3n) is 2.43. The normalized spacial score (nSPS) is 11.9. The SMILES string of the molecule is CCc1ccccc1C(=O)N[C@@H](CS)C(=O)O. The van der Waals surface area contributed by atoms with Gasteiger partial charge in [0.15, 0.2) is 0 Å². The first-order chi connectivity index (χ1) is 8.10. The predicted molar refractivity (Wildman–Crippen MR) is 68.6 cm³/mol. The first-order valence-electron chi connectivity index (χ1n) is 5.32. The van der Waals surface area contributed by atoms with Gasteiger partial charge in [0.1, 0.15) is 6.04 Å². The molecule has 4 nitrogen and oxygen atoms in total. The zero-order valence-electron chi connectivity index (χ0n) is 9.51. The molecule has 0 aliphatic carbocycles. The van der Waals surface area contributed by atoms with Crippen LogP contribution in [0, 0.1) is 0 Å². The summed E-state index contributed by atoms with van der Waals surface area (Å²) in [5.41, 5.74) is 1.41. The molecule has 92 valence electrons. The van der Waals surface area contributed by atoms with E-state index in [4.69, 9.17) is 5.11 Å². The fraction of sp³-hybridized carbons (Fsp3) is 0.333. The molecule has 0 bridgehead atoms. The summed E-state index contributed by atoms with van der Waals surface area (Å²) in [5, 5.41) is 11.3. The summed E-state index contributed by atoms with van der Waals surface area (Å²) in [6.45, 7) is 1.94. The van der Waals surface area contributed by atoms with Crippen LogP contribution < -0.4 is 5.32 Å². The Bertz CT molecular complexity index is 420. The topological polar surface area (TPSA) is 66.4 Å². The van der Waals surface area contributed by atoms with Crippen LogP contribution in [0.1, 0.15) is 22.8 Å². The Hall–Kier alpha value is -1.49. The average Bonchev–Trinajstić information content (AvgIpc) is 2.35. The Labute approximate surface area is 105 Å². The molecule has 0 spiro atoms. The van der Waals surface area contributed by atoms with E-state index in [-0.39, 0.29) is 11.7 Å². The molecule has 17 heavy (non-hydrogen) atoms. The van der Waals surface area contributed by atoms with Crippen molar-refractivity contribution in [3.63, 3.8) is 0 Å². The molecule has 0 heterocycles. The van der Waals surface area contributed by atoms with Gasteiger partial charge in [0.05, 0.1) is 0 Å². The molecule has 5 heteroatoms. The lowest BCUT2D eigenvalue weighted by Gasteiger charge is -2.13. The maximum Gasteiger partial charge on any atom is 0.327 e. The van der Waals surface area contributed by atoms with E-state index in [1.54, 1.807) is 12.1 Å². The Balaban J connectivity index is 2.86. The van der Waals surface area contributed by atoms with Gasteiger partial charge in [-0.05, 0) is 18.1 Å². The highest BCUT2D eigenvalue weighted by atomic mass is 32.1. The number of thiol groups is 1. The number of carboxylic acid groups (broad SMARTS) is 1. The Kier molecular flexibility index (Phi) is 5.03. The average molecular weight is 253 g/mol. The highest BCUT2D eigenvalue weighted by Gasteiger charge is 2.19. The van der Waals surface area contributed by atoms with Gasteiger partial charge in [-0.3, -0.25) is 4.79 Å². The molecule has 0 unspecified atom stereocenters. The molecule has 1 aromatic carbocycles. The summed E-state index contributed by atoms with van der Waals surface area (Å²) in [6.07, 6.45) is 0.724. The predicted octanol–water partition coefficient (Wildman–Crippen LogP) is 1.36. The summed E-state index contributed by atoms with van der Waals surface area (Å²) in [7, 11) is 0. The number of hydrogen-bond donors (Lipinski definition) is 3. The highest BCUT2D eigenvalue weighted by molar-refractivity contribution is 7.80. The van der Waals surface area contributed by atoms with Gasteiger partial charge in [-0.2, -0.15) is 12.6 Å². The molecule has 0 saturated heterocycles. The number of amides is 1. The third-order valence-corrected chi connectivity index (χ3v) is 2.79. The third kappa shape index (κ3) is 3.49. The molecule has 0 aliphatic heterocycles. The minimum absolute atomic E-state index is 0.0648. The fourth-order valence-corrected chi connectivity index (χ4v) is 1.72. The Morgan fingerprint density at radius 1 is 1.41 bits per heavy atom. The quantitative estimate of drug-likeness (QED) is 0.694. The number of nitrogens with one attached hydrogen (secondary N) is 1. The lowest BCUT2D eigenvalue weighted by Crippen LogP contribution is -2.42. The highest BCUT2D eigenvalue weighted by Crippen LogP contribution is 2.09. The van der Waals surface area contributed by atoms with E-state index < -0.39 is 12.0 Å². The largest absolute Gasteiger partial charge is 0.480 e. The second-order valence-corrected chi connectivity index (χ2v) is 3.92. The molecule has 1 amide bonds. The fourth-order valence-electron chi connectivity index (χ4n) is 1.47. The molecule has 0 radical (unpaired) electrons. The van der Waals surface area contributed by atoms with E-state index >= 15 is 0 Å². The number of aliphatic carboxylic acids is 1. The van der Waals surface area contributed by atoms with Crippen LogP contribution in [-0.2, 0) is 11.2 Å². The number of carbonyl (C=O) groups excluding carboxylic acids is 1. The standard InChI is InChI=1S/C12H15NO3S/c1-2-8-5-3-4-6-9(8)11(14)13-10(7-17)12(15)16/h3-6,10,17H,2,7H2,1H3,(H,13,14)(H,15,16)/t10-/m0/s1. The summed E-state index contributed by atoms with van der Waals surface area (Å²) in [5.74, 6) is -1.39. The van der Waals surface area contributed by atoms with Crippen molar-refractivity contribution < 1.29 is 14.7 Å². The summed E-state index contributed by atoms with van der Waals surface area (Å²) in [6, 6.07) is 6.18. The monoisotopic (exact) mass is 253 g/mol. The lowest BCUT2D eigenvalue weighted by molar-refractivity contribution is -0.138. The zero-order valence-corrected chi connectivity index (χ0v) is 10.4. The second kappa shape index (κ2) is 6.30. The van der Waals surface area contributed by atoms with E-state index in [2.05, 4.69) is 17.9 Å². The second-order valence-electron chi connectivity index (χ2n) is 3.56. The smallest absolute Gasteiger partial charge is 0.327 e. The van der Waals surface area contributed by atoms with Gasteiger partial charge in [-0.1, -0.05) is 25.1 Å². The summed E-state index contributed by atoms with van der Waals surface area (Å²) in [4.78, 5) is 22.7. The van der Waals surface area contributed by atoms with E-state index in [0.29, 0.717) is 5.56 Å². The van der Waals surface area contributed by atoms with Crippen molar-refractivity contribution in [3.8, 4) is 0 Å². The molecule has 0 fully saturated rings. The van der Waals surface area contributed by atoms with Crippen LogP contribution in [0.5, 0.6) is 0 Å². The maximum absolute atomic E-state index is 11.9. The first-order valence-corrected chi connectivity index (χ1v) is 5.95. The van der Waals surface area contributed by atoms with Crippen molar-refractivity contribution in [1.82, 2.24) is 5.32 Å². The minimum Gasteiger partial charge on any atom is -0.480 e. The van der Waals surface area contributed by atoms with Crippen molar-refractivity contribution in [1.29, 1.82) is 0 Å². The van der Waals surface area contributed by atoms with E-state index in [9.17, 15) is 9.59 Å². The van der Waals surface area contributed by atoms with Crippen molar-refractivity contribution in [3.05, 3.63) is 35.4 Å². The van der Waals surface area contributed by atoms with Gasteiger partial charge in [0.2, 0.25) is 0 Å². The number of benzene rings is 1. The number of aryl methyl sites for hydroxylation is 1. The van der Waals surface area contributed by atoms with E-state index in [1.165, 1.54) is 0 Å². The van der Waals surface area contributed by atoms with Crippen LogP contribution in [0.3, 0.4) is 0 Å². The van der Waals surface area contributed by atoms with Gasteiger partial charge in [0, 0.05) is 11.3 Å². The van der Waals surface area contributed by atoms with Crippen molar-refractivity contribution in [2.45, 2.75) is 19.4 Å². The van der Waals surface area contributed by atoms with Crippen molar-refractivity contribution >= 4 is 24.5 Å². The Morgan fingerprint density at radius 3 is 2.59 bits per heavy atom. The summed E-state index contributed by atoms with van der Waals surface area (Å²) >= 11 is 3.90. The van der Waals surface area contributed by atoms with Crippen LogP contribution in [-0.4, -0.2) is 28.8 Å². The van der Waals surface area contributed by atoms with Gasteiger partial charge in [-0.15, -0.1) is 0 Å². The van der Waals surface area contributed by atoms with Gasteiger partial charge < -0.3 is 10.4 Å². The molecule has 1 atom stereocenters. The van der Waals surface area contributed by atoms with Gasteiger partial charge >= 0.3 is 5.97 Å². The van der Waals surface area contributed by atoms with Crippen LogP contribution in [0.25, 0.3) is 0 Å². The molecule has 0 saturated carbocycles. The number of carboxylic acids is 1. The molecule has 0 aromatic heterocycles. The lowest BCUT2D eigenvalue weighted by atomic mass is 10.0. The maximum atomic E-state index is 11.9. The number of hydrogen-bond acceptors (Lipinski definition) is 3. The molecule has 0 aliphatic rings. The molecular weight excluding hydrogens is 238 g/mol. The molecule has 1 aromatic rings. The van der Waals surface area contributed by atoms with Crippen LogP contribution in [0.15, 0.2) is 24.3 Å². The van der Waals surface area contributed by atoms with Crippen LogP contribution in [0.4, 0.5) is 0 Å². The van der Waals surface area contributed by atoms with Crippen molar-refractivity contribution in [2.24, 2.45) is 0 Å². The number of rotatable bonds is 5. The summed E-state index contributed by atoms with van der Waals surface area (Å²) < 4.78 is 0.